The average Bonchev–Trinajstić information content (AvgIpc) is 3.26. The Kier molecular flexibility index (Phi) is 5.14. The monoisotopic (exact) mass is 357 g/mol. The number of carbonyl (C=O) groups excluding carboxylic acids is 1. The smallest absolute Gasteiger partial charge is 0.260 e. The second-order valence-corrected chi connectivity index (χ2v) is 6.74. The van der Waals surface area contributed by atoms with Crippen molar-refractivity contribution in [3.05, 3.63) is 52.7 Å². The molecule has 6 nitrogen and oxygen atoms in total. The number of carbonyl (C=O) groups is 1. The van der Waals surface area contributed by atoms with Crippen LogP contribution in [-0.4, -0.2) is 34.6 Å². The number of hydrogen-bond donors (Lipinski definition) is 0. The fraction of sp³-hybridized carbons (Fsp3) is 0.278. The zero-order chi connectivity index (χ0) is 17.8. The van der Waals surface area contributed by atoms with Crippen molar-refractivity contribution in [3.8, 4) is 16.5 Å². The third kappa shape index (κ3) is 4.24. The molecule has 0 aliphatic rings. The standard InChI is InChI=1S/C18H19N3O3S/c1-12-6-7-13(2)14(9-12)23-11-17(22)21(3)10-16-19-18(20-24-16)15-5-4-8-25-15/h4-9H,10-11H2,1-3H3. The molecule has 0 saturated carbocycles. The van der Waals surface area contributed by atoms with Crippen LogP contribution in [0.2, 0.25) is 0 Å². The highest BCUT2D eigenvalue weighted by atomic mass is 32.1. The van der Waals surface area contributed by atoms with Gasteiger partial charge in [0.15, 0.2) is 6.61 Å². The zero-order valence-electron chi connectivity index (χ0n) is 14.4. The Labute approximate surface area is 150 Å². The van der Waals surface area contributed by atoms with E-state index >= 15 is 0 Å². The van der Waals surface area contributed by atoms with E-state index in [1.165, 1.54) is 16.2 Å². The van der Waals surface area contributed by atoms with Gasteiger partial charge in [-0.1, -0.05) is 23.4 Å². The van der Waals surface area contributed by atoms with Crippen molar-refractivity contribution in [1.29, 1.82) is 0 Å². The fourth-order valence-electron chi connectivity index (χ4n) is 2.23. The molecule has 0 fully saturated rings. The quantitative estimate of drug-likeness (QED) is 0.676. The lowest BCUT2D eigenvalue weighted by Crippen LogP contribution is -2.31. The van der Waals surface area contributed by atoms with Crippen LogP contribution in [0.4, 0.5) is 0 Å². The van der Waals surface area contributed by atoms with Crippen LogP contribution in [0.25, 0.3) is 10.7 Å². The fourth-order valence-corrected chi connectivity index (χ4v) is 2.88. The van der Waals surface area contributed by atoms with Crippen LogP contribution in [0.1, 0.15) is 17.0 Å². The minimum atomic E-state index is -0.156. The van der Waals surface area contributed by atoms with Crippen molar-refractivity contribution in [3.63, 3.8) is 0 Å². The number of rotatable bonds is 6. The van der Waals surface area contributed by atoms with Crippen molar-refractivity contribution in [2.45, 2.75) is 20.4 Å². The maximum atomic E-state index is 12.3. The molecule has 0 N–H and O–H groups in total. The highest BCUT2D eigenvalue weighted by Crippen LogP contribution is 2.22. The van der Waals surface area contributed by atoms with E-state index < -0.39 is 0 Å². The number of aryl methyl sites for hydroxylation is 2. The van der Waals surface area contributed by atoms with E-state index in [0.717, 1.165) is 21.8 Å². The highest BCUT2D eigenvalue weighted by molar-refractivity contribution is 7.13. The molecule has 130 valence electrons. The van der Waals surface area contributed by atoms with Crippen LogP contribution in [-0.2, 0) is 11.3 Å². The van der Waals surface area contributed by atoms with Gasteiger partial charge in [-0.05, 0) is 42.5 Å². The van der Waals surface area contributed by atoms with Crippen molar-refractivity contribution < 1.29 is 14.1 Å². The van der Waals surface area contributed by atoms with Crippen molar-refractivity contribution in [1.82, 2.24) is 15.0 Å². The first-order chi connectivity index (χ1) is 12.0. The van der Waals surface area contributed by atoms with Gasteiger partial charge in [-0.15, -0.1) is 11.3 Å². The summed E-state index contributed by atoms with van der Waals surface area (Å²) in [6, 6.07) is 9.76. The Hall–Kier alpha value is -2.67. The van der Waals surface area contributed by atoms with E-state index in [2.05, 4.69) is 10.1 Å². The molecule has 25 heavy (non-hydrogen) atoms. The first-order valence-electron chi connectivity index (χ1n) is 7.83. The maximum absolute atomic E-state index is 12.3. The zero-order valence-corrected chi connectivity index (χ0v) is 15.2. The molecule has 0 radical (unpaired) electrons. The molecule has 0 bridgehead atoms. The lowest BCUT2D eigenvalue weighted by molar-refractivity contribution is -0.132. The summed E-state index contributed by atoms with van der Waals surface area (Å²) in [5.74, 6) is 1.50. The van der Waals surface area contributed by atoms with Crippen LogP contribution in [0.15, 0.2) is 40.2 Å². The summed E-state index contributed by atoms with van der Waals surface area (Å²) in [5.41, 5.74) is 2.09. The number of benzene rings is 1. The summed E-state index contributed by atoms with van der Waals surface area (Å²) in [5, 5.41) is 5.89. The van der Waals surface area contributed by atoms with E-state index in [4.69, 9.17) is 9.26 Å². The van der Waals surface area contributed by atoms with Gasteiger partial charge in [0, 0.05) is 7.05 Å². The van der Waals surface area contributed by atoms with Crippen LogP contribution >= 0.6 is 11.3 Å². The molecule has 0 aliphatic carbocycles. The molecule has 3 rings (SSSR count). The molecule has 2 aromatic heterocycles. The highest BCUT2D eigenvalue weighted by Gasteiger charge is 2.16. The van der Waals surface area contributed by atoms with Crippen LogP contribution < -0.4 is 4.74 Å². The molecule has 1 amide bonds. The molecule has 0 atom stereocenters. The van der Waals surface area contributed by atoms with Gasteiger partial charge in [0.25, 0.3) is 5.91 Å². The molecule has 0 saturated heterocycles. The Morgan fingerprint density at radius 2 is 2.16 bits per heavy atom. The predicted octanol–water partition coefficient (Wildman–Crippen LogP) is 3.45. The number of ether oxygens (including phenoxy) is 1. The van der Waals surface area contributed by atoms with E-state index in [1.54, 1.807) is 7.05 Å². The van der Waals surface area contributed by atoms with Gasteiger partial charge in [-0.2, -0.15) is 4.98 Å². The summed E-state index contributed by atoms with van der Waals surface area (Å²) in [4.78, 5) is 19.0. The Morgan fingerprint density at radius 1 is 1.32 bits per heavy atom. The Balaban J connectivity index is 1.57. The molecule has 0 spiro atoms. The number of hydrogen-bond acceptors (Lipinski definition) is 6. The third-order valence-corrected chi connectivity index (χ3v) is 4.57. The molecule has 2 heterocycles. The summed E-state index contributed by atoms with van der Waals surface area (Å²) in [6.45, 7) is 4.15. The van der Waals surface area contributed by atoms with Crippen LogP contribution in [0, 0.1) is 13.8 Å². The topological polar surface area (TPSA) is 68.5 Å². The van der Waals surface area contributed by atoms with Gasteiger partial charge in [0.1, 0.15) is 5.75 Å². The average molecular weight is 357 g/mol. The molecular formula is C18H19N3O3S. The molecule has 3 aromatic rings. The van der Waals surface area contributed by atoms with Gasteiger partial charge in [-0.25, -0.2) is 0 Å². The van der Waals surface area contributed by atoms with Gasteiger partial charge < -0.3 is 14.2 Å². The molecule has 7 heteroatoms. The van der Waals surface area contributed by atoms with Crippen molar-refractivity contribution in [2.75, 3.05) is 13.7 Å². The normalized spacial score (nSPS) is 10.7. The number of aromatic nitrogens is 2. The van der Waals surface area contributed by atoms with Crippen LogP contribution in [0.3, 0.4) is 0 Å². The van der Waals surface area contributed by atoms with Gasteiger partial charge in [-0.3, -0.25) is 4.79 Å². The number of likely N-dealkylation sites (N-methyl/N-ethyl adjacent to an activating group) is 1. The number of nitrogens with zero attached hydrogens (tertiary/aromatic N) is 3. The number of amides is 1. The van der Waals surface area contributed by atoms with E-state index in [9.17, 15) is 4.79 Å². The molecular weight excluding hydrogens is 338 g/mol. The SMILES string of the molecule is Cc1ccc(C)c(OCC(=O)N(C)Cc2nc(-c3cccs3)no2)c1. The summed E-state index contributed by atoms with van der Waals surface area (Å²) < 4.78 is 10.9. The molecule has 0 unspecified atom stereocenters. The first kappa shape index (κ1) is 17.2. The largest absolute Gasteiger partial charge is 0.483 e. The summed E-state index contributed by atoms with van der Waals surface area (Å²) in [7, 11) is 1.68. The predicted molar refractivity (Wildman–Crippen MR) is 95.5 cm³/mol. The Bertz CT molecular complexity index is 858. The van der Waals surface area contributed by atoms with Gasteiger partial charge in [0.05, 0.1) is 11.4 Å². The van der Waals surface area contributed by atoms with Crippen molar-refractivity contribution in [2.24, 2.45) is 0 Å². The summed E-state index contributed by atoms with van der Waals surface area (Å²) >= 11 is 1.54. The second kappa shape index (κ2) is 7.48. The van der Waals surface area contributed by atoms with E-state index in [-0.39, 0.29) is 19.1 Å². The van der Waals surface area contributed by atoms with E-state index in [0.29, 0.717) is 11.7 Å². The maximum Gasteiger partial charge on any atom is 0.260 e. The van der Waals surface area contributed by atoms with Gasteiger partial charge >= 0.3 is 0 Å². The lowest BCUT2D eigenvalue weighted by atomic mass is 10.1. The summed E-state index contributed by atoms with van der Waals surface area (Å²) in [6.07, 6.45) is 0. The van der Waals surface area contributed by atoms with E-state index in [1.807, 2.05) is 49.6 Å². The molecule has 1 aromatic carbocycles. The first-order valence-corrected chi connectivity index (χ1v) is 8.71. The van der Waals surface area contributed by atoms with Crippen LogP contribution in [0.5, 0.6) is 5.75 Å². The minimum absolute atomic E-state index is 0.0350. The third-order valence-electron chi connectivity index (χ3n) is 3.70. The van der Waals surface area contributed by atoms with Crippen molar-refractivity contribution >= 4 is 17.2 Å². The Morgan fingerprint density at radius 3 is 2.92 bits per heavy atom. The second-order valence-electron chi connectivity index (χ2n) is 5.80. The number of thiophene rings is 1. The molecule has 0 aliphatic heterocycles. The van der Waals surface area contributed by atoms with Gasteiger partial charge in [0.2, 0.25) is 11.7 Å². The lowest BCUT2D eigenvalue weighted by Gasteiger charge is -2.16. The minimum Gasteiger partial charge on any atom is -0.483 e.